The summed E-state index contributed by atoms with van der Waals surface area (Å²) < 4.78 is 1.77. The number of aryl methyl sites for hydroxylation is 2. The van der Waals surface area contributed by atoms with E-state index in [-0.39, 0.29) is 0 Å². The number of rotatable bonds is 2. The van der Waals surface area contributed by atoms with Crippen LogP contribution in [-0.4, -0.2) is 15.0 Å². The van der Waals surface area contributed by atoms with Crippen LogP contribution in [0.1, 0.15) is 11.1 Å². The third-order valence-corrected chi connectivity index (χ3v) is 2.53. The molecule has 78 valence electrons. The normalized spacial score (nSPS) is 10.6. The molecule has 0 saturated heterocycles. The lowest BCUT2D eigenvalue weighted by Crippen LogP contribution is -1.99. The van der Waals surface area contributed by atoms with E-state index >= 15 is 0 Å². The Hall–Kier alpha value is -1.68. The fourth-order valence-electron chi connectivity index (χ4n) is 1.61. The van der Waals surface area contributed by atoms with Crippen molar-refractivity contribution in [3.63, 3.8) is 0 Å². The van der Waals surface area contributed by atoms with E-state index in [1.807, 2.05) is 13.1 Å². The van der Waals surface area contributed by atoms with Crippen LogP contribution in [0.2, 0.25) is 0 Å². The van der Waals surface area contributed by atoms with Crippen LogP contribution < -0.4 is 5.73 Å². The van der Waals surface area contributed by atoms with Crippen molar-refractivity contribution in [3.8, 4) is 11.3 Å². The molecule has 0 unspecified atom stereocenters. The van der Waals surface area contributed by atoms with E-state index in [0.717, 1.165) is 16.8 Å². The summed E-state index contributed by atoms with van der Waals surface area (Å²) >= 11 is 0. The Kier molecular flexibility index (Phi) is 2.51. The molecule has 1 aromatic heterocycles. The molecule has 0 amide bonds. The van der Waals surface area contributed by atoms with E-state index in [1.165, 1.54) is 5.56 Å². The van der Waals surface area contributed by atoms with Crippen molar-refractivity contribution in [2.45, 2.75) is 13.5 Å². The highest BCUT2D eigenvalue weighted by Crippen LogP contribution is 2.22. The zero-order chi connectivity index (χ0) is 10.8. The fraction of sp³-hybridized carbons (Fsp3) is 0.273. The fourth-order valence-corrected chi connectivity index (χ4v) is 1.61. The number of aromatic nitrogens is 3. The maximum Gasteiger partial charge on any atom is 0.0884 e. The smallest absolute Gasteiger partial charge is 0.0884 e. The van der Waals surface area contributed by atoms with Crippen LogP contribution in [0.15, 0.2) is 24.4 Å². The van der Waals surface area contributed by atoms with Gasteiger partial charge < -0.3 is 5.73 Å². The summed E-state index contributed by atoms with van der Waals surface area (Å²) in [5.74, 6) is 0. The highest BCUT2D eigenvalue weighted by molar-refractivity contribution is 5.63. The van der Waals surface area contributed by atoms with E-state index in [2.05, 4.69) is 29.4 Å². The summed E-state index contributed by atoms with van der Waals surface area (Å²) in [7, 11) is 1.89. The van der Waals surface area contributed by atoms with Gasteiger partial charge in [0.25, 0.3) is 0 Å². The van der Waals surface area contributed by atoms with Crippen LogP contribution in [0.4, 0.5) is 0 Å². The van der Waals surface area contributed by atoms with Crippen molar-refractivity contribution < 1.29 is 0 Å². The van der Waals surface area contributed by atoms with Gasteiger partial charge in [-0.1, -0.05) is 17.3 Å². The van der Waals surface area contributed by atoms with Gasteiger partial charge in [-0.3, -0.25) is 0 Å². The Morgan fingerprint density at radius 3 is 2.80 bits per heavy atom. The summed E-state index contributed by atoms with van der Waals surface area (Å²) in [4.78, 5) is 0. The Balaban J connectivity index is 2.56. The monoisotopic (exact) mass is 202 g/mol. The van der Waals surface area contributed by atoms with Gasteiger partial charge in [-0.05, 0) is 24.1 Å². The Bertz CT molecular complexity index is 473. The van der Waals surface area contributed by atoms with E-state index in [1.54, 1.807) is 10.9 Å². The number of nitrogens with two attached hydrogens (primary N) is 1. The van der Waals surface area contributed by atoms with Gasteiger partial charge in [0.1, 0.15) is 0 Å². The van der Waals surface area contributed by atoms with E-state index in [9.17, 15) is 0 Å². The zero-order valence-corrected chi connectivity index (χ0v) is 8.94. The van der Waals surface area contributed by atoms with Gasteiger partial charge in [-0.2, -0.15) is 0 Å². The lowest BCUT2D eigenvalue weighted by Gasteiger charge is -2.07. The topological polar surface area (TPSA) is 56.7 Å². The predicted molar refractivity (Wildman–Crippen MR) is 59.1 cm³/mol. The average Bonchev–Trinajstić information content (AvgIpc) is 2.65. The molecule has 2 N–H and O–H groups in total. The molecule has 4 heteroatoms. The molecule has 0 bridgehead atoms. The second-order valence-electron chi connectivity index (χ2n) is 3.60. The van der Waals surface area contributed by atoms with Crippen LogP contribution in [0.3, 0.4) is 0 Å². The van der Waals surface area contributed by atoms with Crippen LogP contribution in [0.25, 0.3) is 11.3 Å². The van der Waals surface area contributed by atoms with Crippen LogP contribution in [0.5, 0.6) is 0 Å². The summed E-state index contributed by atoms with van der Waals surface area (Å²) in [6.45, 7) is 2.63. The molecular weight excluding hydrogens is 188 g/mol. The minimum Gasteiger partial charge on any atom is -0.326 e. The molecule has 0 aliphatic rings. The highest BCUT2D eigenvalue weighted by Gasteiger charge is 2.07. The highest BCUT2D eigenvalue weighted by atomic mass is 15.4. The summed E-state index contributed by atoms with van der Waals surface area (Å²) in [6.07, 6.45) is 1.77. The molecule has 0 fully saturated rings. The molecule has 2 aromatic rings. The molecule has 0 saturated carbocycles. The second kappa shape index (κ2) is 3.82. The number of nitrogens with zero attached hydrogens (tertiary/aromatic N) is 3. The van der Waals surface area contributed by atoms with E-state index in [0.29, 0.717) is 6.54 Å². The third kappa shape index (κ3) is 1.76. The van der Waals surface area contributed by atoms with Gasteiger partial charge in [-0.25, -0.2) is 4.68 Å². The quantitative estimate of drug-likeness (QED) is 0.797. The molecule has 0 aliphatic carbocycles. The summed E-state index contributed by atoms with van der Waals surface area (Å²) in [5, 5.41) is 7.80. The van der Waals surface area contributed by atoms with Crippen LogP contribution >= 0.6 is 0 Å². The molecular formula is C11H14N4. The van der Waals surface area contributed by atoms with Gasteiger partial charge in [0.15, 0.2) is 0 Å². The van der Waals surface area contributed by atoms with Crippen molar-refractivity contribution in [2.24, 2.45) is 12.8 Å². The minimum absolute atomic E-state index is 0.554. The maximum absolute atomic E-state index is 5.62. The maximum atomic E-state index is 5.62. The first kappa shape index (κ1) is 9.86. The second-order valence-corrected chi connectivity index (χ2v) is 3.60. The van der Waals surface area contributed by atoms with Crippen molar-refractivity contribution >= 4 is 0 Å². The minimum atomic E-state index is 0.554. The largest absolute Gasteiger partial charge is 0.326 e. The van der Waals surface area contributed by atoms with Crippen molar-refractivity contribution in [1.82, 2.24) is 15.0 Å². The first-order chi connectivity index (χ1) is 7.22. The molecule has 4 nitrogen and oxygen atoms in total. The number of hydrogen-bond donors (Lipinski definition) is 1. The van der Waals surface area contributed by atoms with E-state index in [4.69, 9.17) is 5.73 Å². The Morgan fingerprint density at radius 2 is 2.20 bits per heavy atom. The molecule has 1 heterocycles. The number of benzene rings is 1. The van der Waals surface area contributed by atoms with Gasteiger partial charge in [0.05, 0.1) is 11.9 Å². The molecule has 0 radical (unpaired) electrons. The third-order valence-electron chi connectivity index (χ3n) is 2.53. The van der Waals surface area contributed by atoms with Crippen molar-refractivity contribution in [3.05, 3.63) is 35.5 Å². The Labute approximate surface area is 88.7 Å². The molecule has 0 aliphatic heterocycles. The van der Waals surface area contributed by atoms with Gasteiger partial charge in [0, 0.05) is 19.2 Å². The van der Waals surface area contributed by atoms with Gasteiger partial charge in [-0.15, -0.1) is 5.10 Å². The lowest BCUT2D eigenvalue weighted by molar-refractivity contribution is 0.720. The molecule has 0 spiro atoms. The zero-order valence-electron chi connectivity index (χ0n) is 8.94. The SMILES string of the molecule is Cc1ccc(CN)cc1-c1cnnn1C. The summed E-state index contributed by atoms with van der Waals surface area (Å²) in [6, 6.07) is 6.21. The van der Waals surface area contributed by atoms with Gasteiger partial charge >= 0.3 is 0 Å². The van der Waals surface area contributed by atoms with Crippen molar-refractivity contribution in [1.29, 1.82) is 0 Å². The summed E-state index contributed by atoms with van der Waals surface area (Å²) in [5.41, 5.74) is 10.1. The van der Waals surface area contributed by atoms with Crippen LogP contribution in [-0.2, 0) is 13.6 Å². The van der Waals surface area contributed by atoms with Gasteiger partial charge in [0.2, 0.25) is 0 Å². The Morgan fingerprint density at radius 1 is 1.40 bits per heavy atom. The average molecular weight is 202 g/mol. The first-order valence-corrected chi connectivity index (χ1v) is 4.87. The predicted octanol–water partition coefficient (Wildman–Crippen LogP) is 1.25. The number of hydrogen-bond acceptors (Lipinski definition) is 3. The van der Waals surface area contributed by atoms with Crippen LogP contribution in [0, 0.1) is 6.92 Å². The first-order valence-electron chi connectivity index (χ1n) is 4.87. The van der Waals surface area contributed by atoms with Crippen molar-refractivity contribution in [2.75, 3.05) is 0 Å². The molecule has 0 atom stereocenters. The standard InChI is InChI=1S/C11H14N4/c1-8-3-4-9(6-12)5-10(8)11-7-13-14-15(11)2/h3-5,7H,6,12H2,1-2H3. The van der Waals surface area contributed by atoms with E-state index < -0.39 is 0 Å². The molecule has 2 rings (SSSR count). The molecule has 15 heavy (non-hydrogen) atoms. The molecule has 1 aromatic carbocycles. The lowest BCUT2D eigenvalue weighted by atomic mass is 10.0.